The molecule has 0 radical (unpaired) electrons. The second-order valence-corrected chi connectivity index (χ2v) is 6.87. The Morgan fingerprint density at radius 1 is 0.875 bits per heavy atom. The SMILES string of the molecule is CCCCCCCCCCCCCC(C(N)=O)c1ccc(O)cc1. The number of primary amides is 1. The zero-order valence-corrected chi connectivity index (χ0v) is 15.3. The number of carbonyl (C=O) groups excluding carboxylic acids is 1. The van der Waals surface area contributed by atoms with Crippen LogP contribution >= 0.6 is 0 Å². The van der Waals surface area contributed by atoms with Crippen molar-refractivity contribution in [3.8, 4) is 5.75 Å². The number of carbonyl (C=O) groups is 1. The van der Waals surface area contributed by atoms with Gasteiger partial charge in [-0.1, -0.05) is 89.7 Å². The van der Waals surface area contributed by atoms with E-state index >= 15 is 0 Å². The zero-order valence-electron chi connectivity index (χ0n) is 15.3. The van der Waals surface area contributed by atoms with E-state index in [9.17, 15) is 9.90 Å². The number of phenolic OH excluding ortho intramolecular Hbond substituents is 1. The lowest BCUT2D eigenvalue weighted by molar-refractivity contribution is -0.119. The molecule has 3 N–H and O–H groups in total. The molecule has 0 aliphatic carbocycles. The van der Waals surface area contributed by atoms with Crippen LogP contribution in [0.15, 0.2) is 24.3 Å². The minimum atomic E-state index is -0.271. The molecule has 0 bridgehead atoms. The lowest BCUT2D eigenvalue weighted by Crippen LogP contribution is -2.21. The van der Waals surface area contributed by atoms with Crippen molar-refractivity contribution in [3.63, 3.8) is 0 Å². The van der Waals surface area contributed by atoms with E-state index in [0.717, 1.165) is 24.8 Å². The topological polar surface area (TPSA) is 63.3 Å². The quantitative estimate of drug-likeness (QED) is 0.431. The van der Waals surface area contributed by atoms with E-state index in [1.165, 1.54) is 57.8 Å². The summed E-state index contributed by atoms with van der Waals surface area (Å²) in [6, 6.07) is 6.82. The van der Waals surface area contributed by atoms with Crippen LogP contribution in [0.4, 0.5) is 0 Å². The van der Waals surface area contributed by atoms with Gasteiger partial charge in [0.1, 0.15) is 5.75 Å². The van der Waals surface area contributed by atoms with Crippen LogP contribution in [-0.2, 0) is 4.79 Å². The minimum Gasteiger partial charge on any atom is -0.508 e. The molecule has 0 spiro atoms. The van der Waals surface area contributed by atoms with E-state index < -0.39 is 0 Å². The van der Waals surface area contributed by atoms with Crippen molar-refractivity contribution in [2.75, 3.05) is 0 Å². The van der Waals surface area contributed by atoms with Crippen LogP contribution in [0.1, 0.15) is 95.5 Å². The summed E-state index contributed by atoms with van der Waals surface area (Å²) in [5, 5.41) is 9.34. The number of hydrogen-bond acceptors (Lipinski definition) is 2. The fourth-order valence-corrected chi connectivity index (χ4v) is 3.19. The second-order valence-electron chi connectivity index (χ2n) is 6.87. The standard InChI is InChI=1S/C21H35NO2/c1-2-3-4-5-6-7-8-9-10-11-12-13-20(21(22)24)18-14-16-19(23)17-15-18/h14-17,20,23H,2-13H2,1H3,(H2,22,24). The summed E-state index contributed by atoms with van der Waals surface area (Å²) in [7, 11) is 0. The van der Waals surface area contributed by atoms with Crippen LogP contribution in [0, 0.1) is 0 Å². The average molecular weight is 334 g/mol. The second kappa shape index (κ2) is 12.9. The first kappa shape index (κ1) is 20.5. The fraction of sp³-hybridized carbons (Fsp3) is 0.667. The van der Waals surface area contributed by atoms with Gasteiger partial charge in [0.15, 0.2) is 0 Å². The van der Waals surface area contributed by atoms with Crippen molar-refractivity contribution in [1.29, 1.82) is 0 Å². The van der Waals surface area contributed by atoms with E-state index in [1.54, 1.807) is 24.3 Å². The van der Waals surface area contributed by atoms with Crippen molar-refractivity contribution < 1.29 is 9.90 Å². The summed E-state index contributed by atoms with van der Waals surface area (Å²) < 4.78 is 0. The molecule has 1 atom stereocenters. The molecular formula is C21H35NO2. The van der Waals surface area contributed by atoms with Crippen molar-refractivity contribution in [2.45, 2.75) is 89.9 Å². The van der Waals surface area contributed by atoms with E-state index in [-0.39, 0.29) is 17.6 Å². The van der Waals surface area contributed by atoms with Crippen LogP contribution in [-0.4, -0.2) is 11.0 Å². The number of unbranched alkanes of at least 4 members (excludes halogenated alkanes) is 10. The molecule has 1 aromatic carbocycles. The maximum absolute atomic E-state index is 11.7. The summed E-state index contributed by atoms with van der Waals surface area (Å²) in [6.07, 6.45) is 15.1. The minimum absolute atomic E-state index is 0.219. The molecule has 1 rings (SSSR count). The Bertz CT molecular complexity index is 442. The largest absolute Gasteiger partial charge is 0.508 e. The maximum atomic E-state index is 11.7. The number of rotatable bonds is 14. The van der Waals surface area contributed by atoms with Gasteiger partial charge in [0.25, 0.3) is 0 Å². The summed E-state index contributed by atoms with van der Waals surface area (Å²) >= 11 is 0. The lowest BCUT2D eigenvalue weighted by Gasteiger charge is -2.13. The lowest BCUT2D eigenvalue weighted by atomic mass is 9.92. The Morgan fingerprint density at radius 3 is 1.79 bits per heavy atom. The van der Waals surface area contributed by atoms with Crippen LogP contribution in [0.3, 0.4) is 0 Å². The van der Waals surface area contributed by atoms with Gasteiger partial charge in [0.05, 0.1) is 5.92 Å². The van der Waals surface area contributed by atoms with Crippen molar-refractivity contribution in [1.82, 2.24) is 0 Å². The number of benzene rings is 1. The van der Waals surface area contributed by atoms with Gasteiger partial charge in [0, 0.05) is 0 Å². The molecule has 0 saturated carbocycles. The van der Waals surface area contributed by atoms with Crippen LogP contribution < -0.4 is 5.73 Å². The molecule has 0 aliphatic heterocycles. The molecule has 3 heteroatoms. The average Bonchev–Trinajstić information content (AvgIpc) is 2.57. The summed E-state index contributed by atoms with van der Waals surface area (Å²) in [5.74, 6) is -0.284. The van der Waals surface area contributed by atoms with E-state index in [4.69, 9.17) is 5.73 Å². The number of aromatic hydroxyl groups is 1. The van der Waals surface area contributed by atoms with Gasteiger partial charge in [-0.3, -0.25) is 4.79 Å². The number of phenols is 1. The number of hydrogen-bond donors (Lipinski definition) is 2. The van der Waals surface area contributed by atoms with E-state index in [2.05, 4.69) is 6.92 Å². The first-order valence-electron chi connectivity index (χ1n) is 9.73. The molecule has 24 heavy (non-hydrogen) atoms. The Balaban J connectivity index is 2.10. The van der Waals surface area contributed by atoms with Crippen molar-refractivity contribution >= 4 is 5.91 Å². The molecular weight excluding hydrogens is 298 g/mol. The van der Waals surface area contributed by atoms with Crippen LogP contribution in [0.5, 0.6) is 5.75 Å². The molecule has 136 valence electrons. The van der Waals surface area contributed by atoms with Gasteiger partial charge in [-0.2, -0.15) is 0 Å². The first-order chi connectivity index (χ1) is 11.6. The van der Waals surface area contributed by atoms with Gasteiger partial charge < -0.3 is 10.8 Å². The monoisotopic (exact) mass is 333 g/mol. The molecule has 0 aromatic heterocycles. The Labute approximate surface area is 147 Å². The summed E-state index contributed by atoms with van der Waals surface area (Å²) in [4.78, 5) is 11.7. The predicted octanol–water partition coefficient (Wildman–Crippen LogP) is 5.66. The van der Waals surface area contributed by atoms with Gasteiger partial charge in [-0.25, -0.2) is 0 Å². The van der Waals surface area contributed by atoms with Crippen LogP contribution in [0.2, 0.25) is 0 Å². The molecule has 3 nitrogen and oxygen atoms in total. The Kier molecular flexibility index (Phi) is 11.0. The summed E-state index contributed by atoms with van der Waals surface area (Å²) in [6.45, 7) is 2.25. The van der Waals surface area contributed by atoms with Crippen LogP contribution in [0.25, 0.3) is 0 Å². The summed E-state index contributed by atoms with van der Waals surface area (Å²) in [5.41, 5.74) is 6.45. The zero-order chi connectivity index (χ0) is 17.6. The first-order valence-corrected chi connectivity index (χ1v) is 9.73. The highest BCUT2D eigenvalue weighted by atomic mass is 16.3. The Hall–Kier alpha value is -1.51. The highest BCUT2D eigenvalue weighted by Crippen LogP contribution is 2.24. The predicted molar refractivity (Wildman–Crippen MR) is 101 cm³/mol. The fourth-order valence-electron chi connectivity index (χ4n) is 3.19. The third-order valence-corrected chi connectivity index (χ3v) is 4.74. The highest BCUT2D eigenvalue weighted by Gasteiger charge is 2.17. The van der Waals surface area contributed by atoms with Gasteiger partial charge in [-0.15, -0.1) is 0 Å². The molecule has 0 heterocycles. The normalized spacial score (nSPS) is 12.2. The van der Waals surface area contributed by atoms with Crippen molar-refractivity contribution in [2.24, 2.45) is 5.73 Å². The smallest absolute Gasteiger partial charge is 0.224 e. The van der Waals surface area contributed by atoms with Gasteiger partial charge >= 0.3 is 0 Å². The molecule has 1 unspecified atom stereocenters. The highest BCUT2D eigenvalue weighted by molar-refractivity contribution is 5.81. The molecule has 1 aromatic rings. The number of nitrogens with two attached hydrogens (primary N) is 1. The van der Waals surface area contributed by atoms with E-state index in [0.29, 0.717) is 0 Å². The van der Waals surface area contributed by atoms with E-state index in [1.807, 2.05) is 0 Å². The van der Waals surface area contributed by atoms with Gasteiger partial charge in [0.2, 0.25) is 5.91 Å². The molecule has 0 aliphatic rings. The maximum Gasteiger partial charge on any atom is 0.224 e. The Morgan fingerprint density at radius 2 is 1.33 bits per heavy atom. The third-order valence-electron chi connectivity index (χ3n) is 4.74. The molecule has 0 fully saturated rings. The van der Waals surface area contributed by atoms with Crippen molar-refractivity contribution in [3.05, 3.63) is 29.8 Å². The molecule has 0 saturated heterocycles. The third kappa shape index (κ3) is 8.95. The number of amides is 1. The molecule has 1 amide bonds. The van der Waals surface area contributed by atoms with Gasteiger partial charge in [-0.05, 0) is 24.1 Å².